The van der Waals surface area contributed by atoms with Gasteiger partial charge in [0.25, 0.3) is 11.4 Å². The molecule has 9 heteroatoms. The summed E-state index contributed by atoms with van der Waals surface area (Å²) in [7, 11) is 3.81. The van der Waals surface area contributed by atoms with Gasteiger partial charge >= 0.3 is 0 Å². The summed E-state index contributed by atoms with van der Waals surface area (Å²) in [5.41, 5.74) is -0.0730. The average Bonchev–Trinajstić information content (AvgIpc) is 3.14. The summed E-state index contributed by atoms with van der Waals surface area (Å²) in [6.07, 6.45) is 6.11. The van der Waals surface area contributed by atoms with E-state index in [0.717, 1.165) is 24.6 Å². The summed E-state index contributed by atoms with van der Waals surface area (Å²) in [6.45, 7) is 8.99. The van der Waals surface area contributed by atoms with Crippen molar-refractivity contribution in [1.82, 2.24) is 24.6 Å². The van der Waals surface area contributed by atoms with Crippen molar-refractivity contribution in [2.75, 3.05) is 20.7 Å². The molecule has 1 N–H and O–H groups in total. The zero-order valence-corrected chi connectivity index (χ0v) is 19.8. The summed E-state index contributed by atoms with van der Waals surface area (Å²) in [5.74, 6) is 0.649. The van der Waals surface area contributed by atoms with Gasteiger partial charge in [-0.1, -0.05) is 31.2 Å². The van der Waals surface area contributed by atoms with Crippen LogP contribution in [0, 0.1) is 0 Å². The van der Waals surface area contributed by atoms with Crippen molar-refractivity contribution in [3.05, 3.63) is 26.9 Å². The molecule has 0 fully saturated rings. The first-order chi connectivity index (χ1) is 13.5. The number of hydrogen-bond acceptors (Lipinski definition) is 7. The number of rotatable bonds is 8. The van der Waals surface area contributed by atoms with Gasteiger partial charge in [-0.05, 0) is 47.2 Å². The van der Waals surface area contributed by atoms with Crippen LogP contribution in [0.2, 0.25) is 0 Å². The first-order valence-electron chi connectivity index (χ1n) is 9.83. The second kappa shape index (κ2) is 14.3. The third kappa shape index (κ3) is 7.59. The largest absolute Gasteiger partial charge is 0.396 e. The normalized spacial score (nSPS) is 12.0. The first kappa shape index (κ1) is 27.3. The fourth-order valence-corrected chi connectivity index (χ4v) is 2.73. The Labute approximate surface area is 186 Å². The molecule has 0 amide bonds. The molecule has 166 valence electrons. The number of unbranched alkanes of at least 4 members (excludes halogenated alkanes) is 2. The Morgan fingerprint density at radius 3 is 2.34 bits per heavy atom. The quantitative estimate of drug-likeness (QED) is 0.431. The molecule has 0 aliphatic carbocycles. The molecule has 29 heavy (non-hydrogen) atoms. The molecular formula is C20H33N5O3Pd. The molecule has 2 heterocycles. The van der Waals surface area contributed by atoms with Gasteiger partial charge in [-0.15, -0.1) is 0 Å². The van der Waals surface area contributed by atoms with Crippen LogP contribution < -0.4 is 16.3 Å². The zero-order chi connectivity index (χ0) is 21.1. The van der Waals surface area contributed by atoms with Gasteiger partial charge in [-0.2, -0.15) is 4.98 Å². The molecule has 2 aromatic heterocycles. The van der Waals surface area contributed by atoms with Crippen molar-refractivity contribution >= 4 is 12.2 Å². The summed E-state index contributed by atoms with van der Waals surface area (Å²) in [6, 6.07) is 0. The summed E-state index contributed by atoms with van der Waals surface area (Å²) < 4.78 is 6.98. The van der Waals surface area contributed by atoms with E-state index >= 15 is 0 Å². The summed E-state index contributed by atoms with van der Waals surface area (Å²) in [5, 5.41) is 14.3. The standard InChI is InChI=1S/C18H27N5O3.C2H6.Pd/c1-5-13-14(6-2)23(10-8-7-9-11-24)18(25)16(19-13)17-20-15(21-26-17)12-22(3)4;1-2;/h5-6,24H,7-12H2,1-4H3;1-2H3;/b13-5+,14-6+;;. The van der Waals surface area contributed by atoms with Gasteiger partial charge in [0.2, 0.25) is 0 Å². The van der Waals surface area contributed by atoms with Crippen molar-refractivity contribution in [2.45, 2.75) is 60.0 Å². The van der Waals surface area contributed by atoms with E-state index in [0.29, 0.717) is 24.3 Å². The van der Waals surface area contributed by atoms with E-state index in [2.05, 4.69) is 15.1 Å². The molecule has 0 saturated carbocycles. The zero-order valence-electron chi connectivity index (χ0n) is 18.2. The van der Waals surface area contributed by atoms with Gasteiger partial charge in [0.05, 0.1) is 17.2 Å². The van der Waals surface area contributed by atoms with Crippen molar-refractivity contribution in [2.24, 2.45) is 0 Å². The average molecular weight is 498 g/mol. The molecule has 0 spiro atoms. The predicted octanol–water partition coefficient (Wildman–Crippen LogP) is 1.14. The molecule has 2 aromatic rings. The molecule has 0 saturated heterocycles. The number of aromatic nitrogens is 4. The molecule has 0 radical (unpaired) electrons. The SMILES string of the molecule is C/C=c1/nc(-c2nc(CN(C)C)no2)c(=O)n(CCCCCO)/c1=C/C.CC.[Pd]. The molecule has 0 aromatic carbocycles. The minimum Gasteiger partial charge on any atom is -0.396 e. The van der Waals surface area contributed by atoms with Gasteiger partial charge in [0, 0.05) is 33.6 Å². The van der Waals surface area contributed by atoms with Crippen molar-refractivity contribution < 1.29 is 30.1 Å². The van der Waals surface area contributed by atoms with E-state index in [9.17, 15) is 4.79 Å². The van der Waals surface area contributed by atoms with E-state index in [1.54, 1.807) is 4.57 Å². The maximum Gasteiger partial charge on any atom is 0.282 e. The smallest absolute Gasteiger partial charge is 0.282 e. The van der Waals surface area contributed by atoms with Crippen molar-refractivity contribution in [3.63, 3.8) is 0 Å². The second-order valence-corrected chi connectivity index (χ2v) is 6.30. The van der Waals surface area contributed by atoms with Crippen LogP contribution in [0.1, 0.15) is 52.8 Å². The monoisotopic (exact) mass is 497 g/mol. The number of aliphatic hydroxyl groups is 1. The Morgan fingerprint density at radius 2 is 1.79 bits per heavy atom. The number of nitrogens with zero attached hydrogens (tertiary/aromatic N) is 5. The Balaban J connectivity index is 0.00000253. The predicted molar refractivity (Wildman–Crippen MR) is 111 cm³/mol. The third-order valence-electron chi connectivity index (χ3n) is 3.95. The van der Waals surface area contributed by atoms with Crippen LogP contribution in [0.5, 0.6) is 0 Å². The van der Waals surface area contributed by atoms with Gasteiger partial charge in [0.15, 0.2) is 11.5 Å². The Hall–Kier alpha value is -1.66. The van der Waals surface area contributed by atoms with Gasteiger partial charge in [0.1, 0.15) is 0 Å². The first-order valence-corrected chi connectivity index (χ1v) is 9.83. The van der Waals surface area contributed by atoms with Gasteiger partial charge in [-0.25, -0.2) is 4.98 Å². The van der Waals surface area contributed by atoms with E-state index < -0.39 is 0 Å². The van der Waals surface area contributed by atoms with E-state index in [4.69, 9.17) is 9.63 Å². The molecular weight excluding hydrogens is 465 g/mol. The summed E-state index contributed by atoms with van der Waals surface area (Å²) in [4.78, 5) is 23.7. The molecule has 0 unspecified atom stereocenters. The van der Waals surface area contributed by atoms with E-state index in [1.165, 1.54) is 0 Å². The fraction of sp³-hybridized carbons (Fsp3) is 0.600. The molecule has 8 nitrogen and oxygen atoms in total. The fourth-order valence-electron chi connectivity index (χ4n) is 2.73. The van der Waals surface area contributed by atoms with Gasteiger partial charge < -0.3 is 19.1 Å². The van der Waals surface area contributed by atoms with Crippen LogP contribution in [0.25, 0.3) is 23.7 Å². The number of aliphatic hydroxyl groups excluding tert-OH is 1. The maximum atomic E-state index is 13.0. The van der Waals surface area contributed by atoms with Crippen LogP contribution in [0.15, 0.2) is 9.32 Å². The second-order valence-electron chi connectivity index (χ2n) is 6.30. The molecule has 2 rings (SSSR count). The minimum atomic E-state index is -0.243. The van der Waals surface area contributed by atoms with E-state index in [1.807, 2.05) is 58.8 Å². The van der Waals surface area contributed by atoms with Crippen LogP contribution in [0.3, 0.4) is 0 Å². The van der Waals surface area contributed by atoms with E-state index in [-0.39, 0.29) is 44.2 Å². The topological polar surface area (TPSA) is 97.3 Å². The van der Waals surface area contributed by atoms with Crippen LogP contribution in [-0.4, -0.2) is 50.4 Å². The Bertz CT molecular complexity index is 906. The molecule has 0 aliphatic heterocycles. The molecule has 0 aliphatic rings. The Morgan fingerprint density at radius 1 is 1.10 bits per heavy atom. The van der Waals surface area contributed by atoms with Crippen LogP contribution in [-0.2, 0) is 33.5 Å². The molecule has 0 atom stereocenters. The van der Waals surface area contributed by atoms with Crippen LogP contribution >= 0.6 is 0 Å². The number of hydrogen-bond donors (Lipinski definition) is 1. The van der Waals surface area contributed by atoms with Crippen molar-refractivity contribution in [1.29, 1.82) is 0 Å². The minimum absolute atomic E-state index is 0. The summed E-state index contributed by atoms with van der Waals surface area (Å²) >= 11 is 0. The molecule has 0 bridgehead atoms. The van der Waals surface area contributed by atoms with Gasteiger partial charge in [-0.3, -0.25) is 4.79 Å². The van der Waals surface area contributed by atoms with Crippen LogP contribution in [0.4, 0.5) is 0 Å². The Kier molecular flexibility index (Phi) is 13.5. The van der Waals surface area contributed by atoms with Crippen molar-refractivity contribution in [3.8, 4) is 11.6 Å². The third-order valence-corrected chi connectivity index (χ3v) is 3.95. The maximum absolute atomic E-state index is 13.0.